The average molecular weight is 255 g/mol. The Morgan fingerprint density at radius 2 is 2.06 bits per heavy atom. The highest BCUT2D eigenvalue weighted by Gasteiger charge is 2.11. The van der Waals surface area contributed by atoms with Gasteiger partial charge in [-0.25, -0.2) is 9.18 Å². The van der Waals surface area contributed by atoms with Crippen LogP contribution in [0.5, 0.6) is 5.75 Å². The third-order valence-electron chi connectivity index (χ3n) is 2.25. The number of halogens is 1. The Hall–Kier alpha value is -2.11. The van der Waals surface area contributed by atoms with E-state index in [9.17, 15) is 14.0 Å². The van der Waals surface area contributed by atoms with E-state index < -0.39 is 17.3 Å². The molecule has 0 aliphatic rings. The lowest BCUT2D eigenvalue weighted by Crippen LogP contribution is -2.23. The summed E-state index contributed by atoms with van der Waals surface area (Å²) in [5, 5.41) is 8.64. The van der Waals surface area contributed by atoms with Gasteiger partial charge in [0.2, 0.25) is 5.91 Å². The number of amides is 1. The van der Waals surface area contributed by atoms with Crippen molar-refractivity contribution in [1.29, 1.82) is 0 Å². The number of aromatic carboxylic acids is 1. The molecule has 1 aromatic carbocycles. The average Bonchev–Trinajstić information content (AvgIpc) is 2.28. The highest BCUT2D eigenvalue weighted by atomic mass is 19.1. The Morgan fingerprint density at radius 3 is 2.56 bits per heavy atom. The predicted octanol–water partition coefficient (Wildman–Crippen LogP) is 1.38. The van der Waals surface area contributed by atoms with Crippen LogP contribution in [-0.4, -0.2) is 42.6 Å². The summed E-state index contributed by atoms with van der Waals surface area (Å²) >= 11 is 0. The van der Waals surface area contributed by atoms with Gasteiger partial charge in [-0.3, -0.25) is 4.79 Å². The molecule has 0 aliphatic carbocycles. The molecule has 1 aromatic rings. The molecule has 18 heavy (non-hydrogen) atoms. The predicted molar refractivity (Wildman–Crippen MR) is 62.2 cm³/mol. The van der Waals surface area contributed by atoms with E-state index in [1.54, 1.807) is 14.1 Å². The van der Waals surface area contributed by atoms with Crippen LogP contribution in [0, 0.1) is 5.82 Å². The summed E-state index contributed by atoms with van der Waals surface area (Å²) in [4.78, 5) is 23.2. The van der Waals surface area contributed by atoms with Crippen LogP contribution >= 0.6 is 0 Å². The van der Waals surface area contributed by atoms with Crippen molar-refractivity contribution < 1.29 is 23.8 Å². The molecule has 0 atom stereocenters. The third-order valence-corrected chi connectivity index (χ3v) is 2.25. The van der Waals surface area contributed by atoms with Crippen LogP contribution in [0.15, 0.2) is 18.2 Å². The van der Waals surface area contributed by atoms with Gasteiger partial charge in [0.1, 0.15) is 11.6 Å². The van der Waals surface area contributed by atoms with E-state index >= 15 is 0 Å². The van der Waals surface area contributed by atoms with Crippen LogP contribution < -0.4 is 4.74 Å². The SMILES string of the molecule is CN(C)C(=O)CCOc1ccc(C(=O)O)c(F)c1. The number of nitrogens with zero attached hydrogens (tertiary/aromatic N) is 1. The maximum Gasteiger partial charge on any atom is 0.338 e. The Morgan fingerprint density at radius 1 is 1.39 bits per heavy atom. The van der Waals surface area contributed by atoms with E-state index in [2.05, 4.69) is 0 Å². The first-order valence-electron chi connectivity index (χ1n) is 5.27. The molecule has 0 saturated heterocycles. The molecule has 1 rings (SSSR count). The summed E-state index contributed by atoms with van der Waals surface area (Å²) in [6.07, 6.45) is 0.176. The maximum absolute atomic E-state index is 13.3. The van der Waals surface area contributed by atoms with Crippen LogP contribution in [0.25, 0.3) is 0 Å². The fourth-order valence-electron chi connectivity index (χ4n) is 1.24. The molecule has 0 radical (unpaired) electrons. The van der Waals surface area contributed by atoms with Gasteiger partial charge in [-0.1, -0.05) is 0 Å². The molecule has 0 spiro atoms. The van der Waals surface area contributed by atoms with Crippen molar-refractivity contribution in [2.45, 2.75) is 6.42 Å². The second kappa shape index (κ2) is 6.00. The van der Waals surface area contributed by atoms with Gasteiger partial charge in [0.15, 0.2) is 0 Å². The zero-order valence-electron chi connectivity index (χ0n) is 10.1. The van der Waals surface area contributed by atoms with Gasteiger partial charge in [0.25, 0.3) is 0 Å². The molecule has 0 fully saturated rings. The van der Waals surface area contributed by atoms with Crippen LogP contribution in [0.1, 0.15) is 16.8 Å². The van der Waals surface area contributed by atoms with E-state index in [-0.39, 0.29) is 24.7 Å². The molecule has 0 heterocycles. The van der Waals surface area contributed by atoms with Crippen molar-refractivity contribution in [2.75, 3.05) is 20.7 Å². The van der Waals surface area contributed by atoms with E-state index in [0.29, 0.717) is 0 Å². The van der Waals surface area contributed by atoms with Crippen molar-refractivity contribution >= 4 is 11.9 Å². The molecule has 1 amide bonds. The second-order valence-electron chi connectivity index (χ2n) is 3.83. The summed E-state index contributed by atoms with van der Waals surface area (Å²) in [6.45, 7) is 0.114. The normalized spacial score (nSPS) is 9.94. The van der Waals surface area contributed by atoms with Crippen molar-refractivity contribution in [3.8, 4) is 5.75 Å². The lowest BCUT2D eigenvalue weighted by molar-refractivity contribution is -0.129. The standard InChI is InChI=1S/C12H14FNO4/c1-14(2)11(15)5-6-18-8-3-4-9(12(16)17)10(13)7-8/h3-4,7H,5-6H2,1-2H3,(H,16,17). The van der Waals surface area contributed by atoms with E-state index in [4.69, 9.17) is 9.84 Å². The Kier molecular flexibility index (Phi) is 4.65. The molecule has 98 valence electrons. The van der Waals surface area contributed by atoms with Gasteiger partial charge in [0, 0.05) is 20.2 Å². The minimum Gasteiger partial charge on any atom is -0.493 e. The number of carboxylic acid groups (broad SMARTS) is 1. The minimum absolute atomic E-state index is 0.0994. The largest absolute Gasteiger partial charge is 0.493 e. The number of carbonyl (C=O) groups is 2. The Labute approximate surface area is 104 Å². The van der Waals surface area contributed by atoms with Gasteiger partial charge in [0.05, 0.1) is 18.6 Å². The molecule has 0 bridgehead atoms. The molecule has 0 aliphatic heterocycles. The van der Waals surface area contributed by atoms with Crippen molar-refractivity contribution in [3.63, 3.8) is 0 Å². The van der Waals surface area contributed by atoms with Crippen LogP contribution in [-0.2, 0) is 4.79 Å². The fraction of sp³-hybridized carbons (Fsp3) is 0.333. The van der Waals surface area contributed by atoms with E-state index in [1.807, 2.05) is 0 Å². The summed E-state index contributed by atoms with van der Waals surface area (Å²) in [6, 6.07) is 3.47. The van der Waals surface area contributed by atoms with Gasteiger partial charge in [-0.15, -0.1) is 0 Å². The number of ether oxygens (including phenoxy) is 1. The topological polar surface area (TPSA) is 66.8 Å². The highest BCUT2D eigenvalue weighted by molar-refractivity contribution is 5.88. The zero-order chi connectivity index (χ0) is 13.7. The lowest BCUT2D eigenvalue weighted by Gasteiger charge is -2.11. The number of hydrogen-bond acceptors (Lipinski definition) is 3. The molecule has 0 unspecified atom stereocenters. The summed E-state index contributed by atoms with van der Waals surface area (Å²) < 4.78 is 18.4. The maximum atomic E-state index is 13.3. The zero-order valence-corrected chi connectivity index (χ0v) is 10.1. The lowest BCUT2D eigenvalue weighted by atomic mass is 10.2. The number of rotatable bonds is 5. The molecule has 1 N–H and O–H groups in total. The van der Waals surface area contributed by atoms with Gasteiger partial charge in [-0.2, -0.15) is 0 Å². The summed E-state index contributed by atoms with van der Waals surface area (Å²) in [7, 11) is 3.26. The number of benzene rings is 1. The Bertz CT molecular complexity index is 459. The molecule has 5 nitrogen and oxygen atoms in total. The van der Waals surface area contributed by atoms with E-state index in [1.165, 1.54) is 11.0 Å². The van der Waals surface area contributed by atoms with Crippen molar-refractivity contribution in [3.05, 3.63) is 29.6 Å². The highest BCUT2D eigenvalue weighted by Crippen LogP contribution is 2.16. The summed E-state index contributed by atoms with van der Waals surface area (Å²) in [5.41, 5.74) is -0.410. The van der Waals surface area contributed by atoms with Gasteiger partial charge in [-0.05, 0) is 12.1 Å². The first kappa shape index (κ1) is 14.0. The molecule has 0 saturated carbocycles. The molecular weight excluding hydrogens is 241 g/mol. The third kappa shape index (κ3) is 3.73. The van der Waals surface area contributed by atoms with Crippen LogP contribution in [0.2, 0.25) is 0 Å². The summed E-state index contributed by atoms with van der Waals surface area (Å²) in [5.74, 6) is -2.09. The number of carbonyl (C=O) groups excluding carboxylic acids is 1. The van der Waals surface area contributed by atoms with E-state index in [0.717, 1.165) is 12.1 Å². The Balaban J connectivity index is 2.57. The van der Waals surface area contributed by atoms with Crippen LogP contribution in [0.4, 0.5) is 4.39 Å². The molecule has 0 aromatic heterocycles. The first-order valence-corrected chi connectivity index (χ1v) is 5.27. The monoisotopic (exact) mass is 255 g/mol. The fourth-order valence-corrected chi connectivity index (χ4v) is 1.24. The van der Waals surface area contributed by atoms with Gasteiger partial charge < -0.3 is 14.7 Å². The van der Waals surface area contributed by atoms with Crippen molar-refractivity contribution in [1.82, 2.24) is 4.90 Å². The second-order valence-corrected chi connectivity index (χ2v) is 3.83. The quantitative estimate of drug-likeness (QED) is 0.863. The number of carboxylic acids is 1. The van der Waals surface area contributed by atoms with Crippen LogP contribution in [0.3, 0.4) is 0 Å². The van der Waals surface area contributed by atoms with Gasteiger partial charge >= 0.3 is 5.97 Å². The molecular formula is C12H14FNO4. The van der Waals surface area contributed by atoms with Crippen molar-refractivity contribution in [2.24, 2.45) is 0 Å². The molecule has 6 heteroatoms. The first-order chi connectivity index (χ1) is 8.41. The number of hydrogen-bond donors (Lipinski definition) is 1. The minimum atomic E-state index is -1.33. The smallest absolute Gasteiger partial charge is 0.338 e.